The number of rotatable bonds is 6. The highest BCUT2D eigenvalue weighted by atomic mass is 32.2. The van der Waals surface area contributed by atoms with E-state index in [1.165, 1.54) is 25.3 Å². The van der Waals surface area contributed by atoms with E-state index in [1.54, 1.807) is 24.3 Å². The number of benzene rings is 2. The van der Waals surface area contributed by atoms with E-state index in [9.17, 15) is 18.0 Å². The van der Waals surface area contributed by atoms with Crippen LogP contribution in [-0.4, -0.2) is 41.4 Å². The van der Waals surface area contributed by atoms with Crippen molar-refractivity contribution < 1.29 is 22.7 Å². The Hall–Kier alpha value is -3.07. The van der Waals surface area contributed by atoms with Gasteiger partial charge in [-0.05, 0) is 42.5 Å². The summed E-state index contributed by atoms with van der Waals surface area (Å²) < 4.78 is 33.6. The first kappa shape index (κ1) is 19.7. The molecule has 1 aliphatic rings. The molecule has 8 nitrogen and oxygen atoms in total. The summed E-state index contributed by atoms with van der Waals surface area (Å²) in [5.41, 5.74) is 1.51. The minimum atomic E-state index is -4.01. The molecule has 1 N–H and O–H groups in total. The van der Waals surface area contributed by atoms with Gasteiger partial charge in [-0.2, -0.15) is 0 Å². The Labute approximate surface area is 163 Å². The van der Waals surface area contributed by atoms with Crippen LogP contribution in [0.4, 0.5) is 17.1 Å². The summed E-state index contributed by atoms with van der Waals surface area (Å²) in [5.74, 6) is -0.600. The minimum Gasteiger partial charge on any atom is -0.495 e. The monoisotopic (exact) mass is 403 g/mol. The Balaban J connectivity index is 1.96. The van der Waals surface area contributed by atoms with Crippen LogP contribution in [0.25, 0.3) is 0 Å². The minimum absolute atomic E-state index is 0.111. The number of hydrogen-bond acceptors (Lipinski definition) is 6. The van der Waals surface area contributed by atoms with Crippen molar-refractivity contribution in [3.8, 4) is 5.75 Å². The van der Waals surface area contributed by atoms with Crippen molar-refractivity contribution in [1.82, 2.24) is 0 Å². The number of hydrogen-bond donors (Lipinski definition) is 1. The van der Waals surface area contributed by atoms with Gasteiger partial charge in [0.25, 0.3) is 10.0 Å². The maximum Gasteiger partial charge on any atom is 0.265 e. The average Bonchev–Trinajstić information content (AvgIpc) is 2.99. The molecule has 2 amide bonds. The second kappa shape index (κ2) is 7.51. The maximum absolute atomic E-state index is 12.9. The zero-order valence-electron chi connectivity index (χ0n) is 15.8. The molecule has 2 aromatic rings. The van der Waals surface area contributed by atoms with Crippen LogP contribution in [0.5, 0.6) is 5.75 Å². The second-order valence-electron chi connectivity index (χ2n) is 6.50. The molecule has 0 atom stereocenters. The van der Waals surface area contributed by atoms with E-state index in [2.05, 4.69) is 4.72 Å². The van der Waals surface area contributed by atoms with E-state index in [0.717, 1.165) is 10.6 Å². The van der Waals surface area contributed by atoms with Gasteiger partial charge in [-0.1, -0.05) is 0 Å². The van der Waals surface area contributed by atoms with Crippen LogP contribution in [0.15, 0.2) is 47.4 Å². The normalized spacial score (nSPS) is 14.3. The van der Waals surface area contributed by atoms with E-state index in [-0.39, 0.29) is 41.0 Å². The lowest BCUT2D eigenvalue weighted by atomic mass is 10.2. The van der Waals surface area contributed by atoms with Gasteiger partial charge in [0, 0.05) is 38.3 Å². The van der Waals surface area contributed by atoms with Gasteiger partial charge in [0.05, 0.1) is 12.8 Å². The first-order chi connectivity index (χ1) is 13.2. The molecule has 0 aromatic heterocycles. The topological polar surface area (TPSA) is 96.0 Å². The lowest BCUT2D eigenvalue weighted by Gasteiger charge is -2.18. The van der Waals surface area contributed by atoms with Crippen molar-refractivity contribution in [2.24, 2.45) is 0 Å². The molecule has 0 unspecified atom stereocenters. The average molecular weight is 403 g/mol. The van der Waals surface area contributed by atoms with Crippen molar-refractivity contribution >= 4 is 38.9 Å². The molecule has 1 heterocycles. The SMILES string of the molecule is COc1ccc(N2C(=O)CCC2=O)cc1S(=O)(=O)Nc1ccc(N(C)C)cc1. The summed E-state index contributed by atoms with van der Waals surface area (Å²) in [4.78, 5) is 26.7. The summed E-state index contributed by atoms with van der Waals surface area (Å²) in [6.07, 6.45) is 0.229. The van der Waals surface area contributed by atoms with Crippen molar-refractivity contribution in [3.05, 3.63) is 42.5 Å². The summed E-state index contributed by atoms with van der Waals surface area (Å²) in [7, 11) is 1.11. The van der Waals surface area contributed by atoms with Crippen molar-refractivity contribution in [2.75, 3.05) is 35.7 Å². The second-order valence-corrected chi connectivity index (χ2v) is 8.16. The van der Waals surface area contributed by atoms with Gasteiger partial charge in [0.15, 0.2) is 0 Å². The number of nitrogens with zero attached hydrogens (tertiary/aromatic N) is 2. The zero-order valence-corrected chi connectivity index (χ0v) is 16.6. The molecule has 9 heteroatoms. The van der Waals surface area contributed by atoms with Gasteiger partial charge in [0.1, 0.15) is 10.6 Å². The number of ether oxygens (including phenoxy) is 1. The smallest absolute Gasteiger partial charge is 0.265 e. The molecule has 0 saturated carbocycles. The predicted molar refractivity (Wildman–Crippen MR) is 106 cm³/mol. The van der Waals surface area contributed by atoms with Gasteiger partial charge in [0.2, 0.25) is 11.8 Å². The van der Waals surface area contributed by atoms with E-state index < -0.39 is 10.0 Å². The van der Waals surface area contributed by atoms with E-state index in [0.29, 0.717) is 5.69 Å². The molecule has 3 rings (SSSR count). The van der Waals surface area contributed by atoms with Crippen molar-refractivity contribution in [1.29, 1.82) is 0 Å². The van der Waals surface area contributed by atoms with Crippen LogP contribution < -0.4 is 19.3 Å². The predicted octanol–water partition coefficient (Wildman–Crippen LogP) is 2.22. The number of amides is 2. The Bertz CT molecular complexity index is 1000. The first-order valence-corrected chi connectivity index (χ1v) is 10.1. The van der Waals surface area contributed by atoms with Gasteiger partial charge in [-0.15, -0.1) is 0 Å². The lowest BCUT2D eigenvalue weighted by Crippen LogP contribution is -2.28. The molecular formula is C19H21N3O5S. The van der Waals surface area contributed by atoms with Gasteiger partial charge >= 0.3 is 0 Å². The molecular weight excluding hydrogens is 382 g/mol. The fourth-order valence-electron chi connectivity index (χ4n) is 2.92. The Morgan fingerprint density at radius 2 is 1.61 bits per heavy atom. The third kappa shape index (κ3) is 3.79. The fraction of sp³-hybridized carbons (Fsp3) is 0.263. The Morgan fingerprint density at radius 3 is 2.14 bits per heavy atom. The van der Waals surface area contributed by atoms with Crippen molar-refractivity contribution in [3.63, 3.8) is 0 Å². The highest BCUT2D eigenvalue weighted by Crippen LogP contribution is 2.32. The number of carbonyl (C=O) groups is 2. The van der Waals surface area contributed by atoms with Crippen LogP contribution >= 0.6 is 0 Å². The molecule has 2 aromatic carbocycles. The summed E-state index contributed by atoms with van der Waals surface area (Å²) >= 11 is 0. The number of anilines is 3. The number of imide groups is 1. The maximum atomic E-state index is 12.9. The molecule has 148 valence electrons. The van der Waals surface area contributed by atoms with Crippen LogP contribution in [0.1, 0.15) is 12.8 Å². The summed E-state index contributed by atoms with van der Waals surface area (Å²) in [6.45, 7) is 0. The van der Waals surface area contributed by atoms with Crippen LogP contribution in [0.3, 0.4) is 0 Å². The summed E-state index contributed by atoms with van der Waals surface area (Å²) in [5, 5.41) is 0. The quantitative estimate of drug-likeness (QED) is 0.743. The van der Waals surface area contributed by atoms with E-state index in [1.807, 2.05) is 19.0 Å². The number of methoxy groups -OCH3 is 1. The molecule has 0 radical (unpaired) electrons. The number of nitrogens with one attached hydrogen (secondary N) is 1. The molecule has 1 fully saturated rings. The third-order valence-electron chi connectivity index (χ3n) is 4.38. The fourth-order valence-corrected chi connectivity index (χ4v) is 4.17. The van der Waals surface area contributed by atoms with Gasteiger partial charge in [-0.25, -0.2) is 8.42 Å². The third-order valence-corrected chi connectivity index (χ3v) is 5.78. The van der Waals surface area contributed by atoms with Gasteiger partial charge < -0.3 is 9.64 Å². The summed E-state index contributed by atoms with van der Waals surface area (Å²) in [6, 6.07) is 11.1. The van der Waals surface area contributed by atoms with Gasteiger partial charge in [-0.3, -0.25) is 19.2 Å². The first-order valence-electron chi connectivity index (χ1n) is 8.57. The highest BCUT2D eigenvalue weighted by molar-refractivity contribution is 7.92. The van der Waals surface area contributed by atoms with Crippen LogP contribution in [-0.2, 0) is 19.6 Å². The van der Waals surface area contributed by atoms with E-state index >= 15 is 0 Å². The molecule has 0 spiro atoms. The highest BCUT2D eigenvalue weighted by Gasteiger charge is 2.32. The largest absolute Gasteiger partial charge is 0.495 e. The molecule has 0 bridgehead atoms. The number of carbonyl (C=O) groups excluding carboxylic acids is 2. The molecule has 28 heavy (non-hydrogen) atoms. The lowest BCUT2D eigenvalue weighted by molar-refractivity contribution is -0.121. The standard InChI is InChI=1S/C19H21N3O5S/c1-21(2)14-6-4-13(5-7-14)20-28(25,26)17-12-15(8-9-16(17)27-3)22-18(23)10-11-19(22)24/h4-9,12,20H,10-11H2,1-3H3. The van der Waals surface area contributed by atoms with Crippen LogP contribution in [0, 0.1) is 0 Å². The van der Waals surface area contributed by atoms with Crippen molar-refractivity contribution in [2.45, 2.75) is 17.7 Å². The molecule has 1 aliphatic heterocycles. The van der Waals surface area contributed by atoms with Crippen LogP contribution in [0.2, 0.25) is 0 Å². The number of sulfonamides is 1. The zero-order chi connectivity index (χ0) is 20.5. The molecule has 0 aliphatic carbocycles. The Morgan fingerprint density at radius 1 is 1.00 bits per heavy atom. The molecule has 1 saturated heterocycles. The van der Waals surface area contributed by atoms with E-state index in [4.69, 9.17) is 4.74 Å². The Kier molecular flexibility index (Phi) is 5.28.